The molecule has 3 heteroatoms. The number of hydrogen-bond acceptors (Lipinski definition) is 3. The fraction of sp³-hybridized carbons (Fsp3) is 0.647. The number of rotatable bonds is 3. The summed E-state index contributed by atoms with van der Waals surface area (Å²) in [5.74, 6) is 0. The predicted molar refractivity (Wildman–Crippen MR) is 86.8 cm³/mol. The van der Waals surface area contributed by atoms with E-state index in [-0.39, 0.29) is 0 Å². The third-order valence-corrected chi connectivity index (χ3v) is 5.18. The highest BCUT2D eigenvalue weighted by atomic mass is 15.3. The van der Waals surface area contributed by atoms with Gasteiger partial charge in [-0.05, 0) is 37.9 Å². The Morgan fingerprint density at radius 2 is 2.00 bits per heavy atom. The van der Waals surface area contributed by atoms with Gasteiger partial charge in [0.25, 0.3) is 0 Å². The van der Waals surface area contributed by atoms with Crippen LogP contribution in [0.3, 0.4) is 0 Å². The molecule has 2 aliphatic heterocycles. The van der Waals surface area contributed by atoms with Gasteiger partial charge in [-0.1, -0.05) is 19.1 Å². The maximum absolute atomic E-state index is 3.61. The summed E-state index contributed by atoms with van der Waals surface area (Å²) in [7, 11) is 2.20. The van der Waals surface area contributed by atoms with Crippen LogP contribution in [0.25, 0.3) is 0 Å². The molecule has 0 aromatic heterocycles. The van der Waals surface area contributed by atoms with Crippen LogP contribution in [-0.4, -0.2) is 39.8 Å². The van der Waals surface area contributed by atoms with Crippen molar-refractivity contribution in [2.45, 2.75) is 26.2 Å². The summed E-state index contributed by atoms with van der Waals surface area (Å²) in [5, 5.41) is 3.61. The van der Waals surface area contributed by atoms with Crippen molar-refractivity contribution in [2.24, 2.45) is 5.41 Å². The van der Waals surface area contributed by atoms with Crippen LogP contribution in [0.4, 0.5) is 11.4 Å². The molecule has 1 fully saturated rings. The molecule has 1 atom stereocenters. The zero-order chi connectivity index (χ0) is 14.0. The third kappa shape index (κ3) is 2.51. The van der Waals surface area contributed by atoms with Gasteiger partial charge in [-0.3, -0.25) is 0 Å². The van der Waals surface area contributed by atoms with Gasteiger partial charge in [-0.2, -0.15) is 0 Å². The van der Waals surface area contributed by atoms with E-state index in [1.165, 1.54) is 50.3 Å². The topological polar surface area (TPSA) is 18.5 Å². The van der Waals surface area contributed by atoms with Gasteiger partial charge >= 0.3 is 0 Å². The molecule has 110 valence electrons. The highest BCUT2D eigenvalue weighted by Gasteiger charge is 2.34. The maximum Gasteiger partial charge on any atom is 0.0604 e. The van der Waals surface area contributed by atoms with Crippen LogP contribution in [0.1, 0.15) is 26.2 Å². The molecule has 0 amide bonds. The summed E-state index contributed by atoms with van der Waals surface area (Å²) in [6, 6.07) is 8.85. The van der Waals surface area contributed by atoms with E-state index >= 15 is 0 Å². The predicted octanol–water partition coefficient (Wildman–Crippen LogP) is 2.72. The number of fused-ring (bicyclic) bond motifs is 1. The Morgan fingerprint density at radius 3 is 2.70 bits per heavy atom. The molecule has 0 radical (unpaired) electrons. The quantitative estimate of drug-likeness (QED) is 0.913. The van der Waals surface area contributed by atoms with Crippen LogP contribution in [0.15, 0.2) is 24.3 Å². The summed E-state index contributed by atoms with van der Waals surface area (Å²) in [6.07, 6.45) is 3.96. The molecule has 0 spiro atoms. The number of likely N-dealkylation sites (N-methyl/N-ethyl adjacent to an activating group) is 1. The molecule has 20 heavy (non-hydrogen) atoms. The van der Waals surface area contributed by atoms with E-state index in [1.54, 1.807) is 0 Å². The van der Waals surface area contributed by atoms with Crippen molar-refractivity contribution in [3.63, 3.8) is 0 Å². The lowest BCUT2D eigenvalue weighted by Crippen LogP contribution is -2.50. The first-order valence-electron chi connectivity index (χ1n) is 8.00. The van der Waals surface area contributed by atoms with E-state index in [9.17, 15) is 0 Å². The summed E-state index contributed by atoms with van der Waals surface area (Å²) < 4.78 is 0. The molecule has 2 aliphatic rings. The fourth-order valence-electron chi connectivity index (χ4n) is 3.71. The molecular formula is C17H27N3. The van der Waals surface area contributed by atoms with Crippen molar-refractivity contribution in [1.82, 2.24) is 5.32 Å². The van der Waals surface area contributed by atoms with Gasteiger partial charge in [-0.15, -0.1) is 0 Å². The van der Waals surface area contributed by atoms with E-state index in [4.69, 9.17) is 0 Å². The molecule has 3 nitrogen and oxygen atoms in total. The average molecular weight is 273 g/mol. The minimum atomic E-state index is 0.460. The van der Waals surface area contributed by atoms with Gasteiger partial charge in [0.2, 0.25) is 0 Å². The molecule has 1 unspecified atom stereocenters. The lowest BCUT2D eigenvalue weighted by molar-refractivity contribution is 0.204. The Kier molecular flexibility index (Phi) is 3.88. The van der Waals surface area contributed by atoms with Crippen molar-refractivity contribution in [3.05, 3.63) is 24.3 Å². The number of nitrogens with one attached hydrogen (secondary N) is 1. The molecule has 0 bridgehead atoms. The first-order valence-corrected chi connectivity index (χ1v) is 8.00. The van der Waals surface area contributed by atoms with Crippen LogP contribution >= 0.6 is 0 Å². The Bertz CT molecular complexity index is 451. The SMILES string of the molecule is CCC1(CN2CCN(C)c3ccccc32)CCCNC1. The van der Waals surface area contributed by atoms with Crippen LogP contribution in [0.5, 0.6) is 0 Å². The minimum Gasteiger partial charge on any atom is -0.371 e. The van der Waals surface area contributed by atoms with Crippen LogP contribution in [0, 0.1) is 5.41 Å². The number of nitrogens with zero attached hydrogens (tertiary/aromatic N) is 2. The maximum atomic E-state index is 3.61. The van der Waals surface area contributed by atoms with Gasteiger partial charge in [0.1, 0.15) is 0 Å². The second-order valence-corrected chi connectivity index (χ2v) is 6.47. The van der Waals surface area contributed by atoms with Gasteiger partial charge in [0.05, 0.1) is 11.4 Å². The standard InChI is InChI=1S/C17H27N3/c1-3-17(9-6-10-18-13-17)14-20-12-11-19(2)15-7-4-5-8-16(15)20/h4-5,7-8,18H,3,6,9-14H2,1-2H3. The highest BCUT2D eigenvalue weighted by Crippen LogP contribution is 2.37. The first-order chi connectivity index (χ1) is 9.74. The molecule has 1 N–H and O–H groups in total. The number of hydrogen-bond donors (Lipinski definition) is 1. The minimum absolute atomic E-state index is 0.460. The highest BCUT2D eigenvalue weighted by molar-refractivity contribution is 5.73. The second kappa shape index (κ2) is 5.65. The van der Waals surface area contributed by atoms with Gasteiger partial charge in [-0.25, -0.2) is 0 Å². The van der Waals surface area contributed by atoms with Gasteiger partial charge < -0.3 is 15.1 Å². The van der Waals surface area contributed by atoms with Crippen molar-refractivity contribution < 1.29 is 0 Å². The molecule has 2 heterocycles. The lowest BCUT2D eigenvalue weighted by Gasteiger charge is -2.45. The monoisotopic (exact) mass is 273 g/mol. The summed E-state index contributed by atoms with van der Waals surface area (Å²) in [5.41, 5.74) is 3.26. The van der Waals surface area contributed by atoms with Crippen molar-refractivity contribution in [2.75, 3.05) is 49.6 Å². The van der Waals surface area contributed by atoms with Crippen LogP contribution in [0.2, 0.25) is 0 Å². The zero-order valence-corrected chi connectivity index (χ0v) is 12.9. The fourth-order valence-corrected chi connectivity index (χ4v) is 3.71. The largest absolute Gasteiger partial charge is 0.371 e. The number of para-hydroxylation sites is 2. The average Bonchev–Trinajstić information content (AvgIpc) is 2.51. The van der Waals surface area contributed by atoms with E-state index in [0.29, 0.717) is 5.41 Å². The number of piperidine rings is 1. The summed E-state index contributed by atoms with van der Waals surface area (Å²) in [4.78, 5) is 5.00. The Balaban J connectivity index is 1.82. The molecule has 0 saturated carbocycles. The number of benzene rings is 1. The molecule has 3 rings (SSSR count). The third-order valence-electron chi connectivity index (χ3n) is 5.18. The Morgan fingerprint density at radius 1 is 1.20 bits per heavy atom. The molecule has 0 aliphatic carbocycles. The van der Waals surface area contributed by atoms with Gasteiger partial charge in [0, 0.05) is 38.6 Å². The number of anilines is 2. The Hall–Kier alpha value is -1.22. The van der Waals surface area contributed by atoms with Crippen molar-refractivity contribution in [1.29, 1.82) is 0 Å². The van der Waals surface area contributed by atoms with E-state index < -0.39 is 0 Å². The Labute approximate surface area is 123 Å². The van der Waals surface area contributed by atoms with Crippen LogP contribution < -0.4 is 15.1 Å². The van der Waals surface area contributed by atoms with Crippen LogP contribution in [-0.2, 0) is 0 Å². The van der Waals surface area contributed by atoms with E-state index in [2.05, 4.69) is 53.4 Å². The van der Waals surface area contributed by atoms with Crippen molar-refractivity contribution >= 4 is 11.4 Å². The smallest absolute Gasteiger partial charge is 0.0604 e. The normalized spacial score (nSPS) is 26.5. The summed E-state index contributed by atoms with van der Waals surface area (Å²) in [6.45, 7) is 8.20. The molecule has 1 aromatic rings. The van der Waals surface area contributed by atoms with Crippen molar-refractivity contribution in [3.8, 4) is 0 Å². The summed E-state index contributed by atoms with van der Waals surface area (Å²) >= 11 is 0. The zero-order valence-electron chi connectivity index (χ0n) is 12.9. The van der Waals surface area contributed by atoms with E-state index in [0.717, 1.165) is 13.1 Å². The molecular weight excluding hydrogens is 246 g/mol. The second-order valence-electron chi connectivity index (χ2n) is 6.47. The molecule has 1 saturated heterocycles. The van der Waals surface area contributed by atoms with Gasteiger partial charge in [0.15, 0.2) is 0 Å². The first kappa shape index (κ1) is 13.7. The molecule has 1 aromatic carbocycles. The van der Waals surface area contributed by atoms with E-state index in [1.807, 2.05) is 0 Å². The lowest BCUT2D eigenvalue weighted by atomic mass is 9.77.